The molecule has 1 aromatic carbocycles. The number of rotatable bonds is 4. The number of aromatic nitrogens is 3. The lowest BCUT2D eigenvalue weighted by Gasteiger charge is -2.20. The van der Waals surface area contributed by atoms with Crippen LogP contribution in [-0.4, -0.2) is 44.1 Å². The van der Waals surface area contributed by atoms with Crippen LogP contribution in [0, 0.1) is 5.82 Å². The summed E-state index contributed by atoms with van der Waals surface area (Å²) in [7, 11) is 0. The molecule has 2 aromatic heterocycles. The first-order chi connectivity index (χ1) is 13.0. The number of likely N-dealkylation sites (tertiary alicyclic amines) is 1. The van der Waals surface area contributed by atoms with E-state index in [4.69, 9.17) is 5.73 Å². The lowest BCUT2D eigenvalue weighted by molar-refractivity contribution is -0.121. The first kappa shape index (κ1) is 17.3. The Morgan fingerprint density at radius 2 is 2.00 bits per heavy atom. The number of hydrogen-bond acceptors (Lipinski definition) is 5. The van der Waals surface area contributed by atoms with Crippen molar-refractivity contribution in [1.82, 2.24) is 19.7 Å². The van der Waals surface area contributed by atoms with Crippen LogP contribution in [0.5, 0.6) is 0 Å². The van der Waals surface area contributed by atoms with Gasteiger partial charge in [0.1, 0.15) is 11.9 Å². The van der Waals surface area contributed by atoms with E-state index >= 15 is 0 Å². The van der Waals surface area contributed by atoms with Gasteiger partial charge in [0, 0.05) is 6.54 Å². The van der Waals surface area contributed by atoms with Gasteiger partial charge in [0.2, 0.25) is 11.7 Å². The molecular weight excluding hydrogens is 369 g/mol. The third-order valence-electron chi connectivity index (χ3n) is 4.45. The van der Waals surface area contributed by atoms with Crippen molar-refractivity contribution in [3.63, 3.8) is 0 Å². The molecule has 0 radical (unpaired) electrons. The lowest BCUT2D eigenvalue weighted by atomic mass is 10.2. The summed E-state index contributed by atoms with van der Waals surface area (Å²) >= 11 is 1.45. The molecule has 3 aromatic rings. The topological polar surface area (TPSA) is 94.1 Å². The molecule has 27 heavy (non-hydrogen) atoms. The normalized spacial score (nSPS) is 16.6. The molecule has 0 aliphatic carbocycles. The predicted octanol–water partition coefficient (Wildman–Crippen LogP) is 2.22. The summed E-state index contributed by atoms with van der Waals surface area (Å²) in [5.41, 5.74) is 5.99. The van der Waals surface area contributed by atoms with Crippen LogP contribution in [0.3, 0.4) is 0 Å². The number of carbonyl (C=O) groups is 2. The molecule has 138 valence electrons. The van der Waals surface area contributed by atoms with Crippen molar-refractivity contribution in [2.45, 2.75) is 18.9 Å². The first-order valence-corrected chi connectivity index (χ1v) is 9.30. The average Bonchev–Trinajstić information content (AvgIpc) is 3.40. The zero-order chi connectivity index (χ0) is 19.0. The molecule has 4 rings (SSSR count). The second-order valence-corrected chi connectivity index (χ2v) is 7.13. The maximum absolute atomic E-state index is 13.3. The molecule has 0 bridgehead atoms. The molecule has 1 aliphatic heterocycles. The molecule has 2 N–H and O–H groups in total. The van der Waals surface area contributed by atoms with Crippen molar-refractivity contribution in [2.75, 3.05) is 6.54 Å². The average molecular weight is 385 g/mol. The molecule has 7 nitrogen and oxygen atoms in total. The van der Waals surface area contributed by atoms with E-state index in [0.717, 1.165) is 4.88 Å². The summed E-state index contributed by atoms with van der Waals surface area (Å²) in [5.74, 6) is -0.868. The quantitative estimate of drug-likeness (QED) is 0.745. The first-order valence-electron chi connectivity index (χ1n) is 8.42. The Hall–Kier alpha value is -3.07. The smallest absolute Gasteiger partial charge is 0.294 e. The van der Waals surface area contributed by atoms with Crippen molar-refractivity contribution < 1.29 is 14.0 Å². The Balaban J connectivity index is 1.76. The summed E-state index contributed by atoms with van der Waals surface area (Å²) in [6.45, 7) is 0.436. The fraction of sp³-hybridized carbons (Fsp3) is 0.222. The van der Waals surface area contributed by atoms with Gasteiger partial charge < -0.3 is 10.6 Å². The third-order valence-corrected chi connectivity index (χ3v) is 5.32. The number of hydrogen-bond donors (Lipinski definition) is 1. The molecule has 9 heteroatoms. The van der Waals surface area contributed by atoms with Gasteiger partial charge in [0.15, 0.2) is 5.82 Å². The predicted molar refractivity (Wildman–Crippen MR) is 97.9 cm³/mol. The van der Waals surface area contributed by atoms with Crippen molar-refractivity contribution in [2.24, 2.45) is 5.73 Å². The summed E-state index contributed by atoms with van der Waals surface area (Å²) in [4.78, 5) is 31.2. The van der Waals surface area contributed by atoms with Crippen molar-refractivity contribution in [3.8, 4) is 16.4 Å². The minimum atomic E-state index is -0.638. The van der Waals surface area contributed by atoms with Crippen LogP contribution >= 0.6 is 11.3 Å². The van der Waals surface area contributed by atoms with E-state index in [1.165, 1.54) is 33.1 Å². The van der Waals surface area contributed by atoms with Gasteiger partial charge in [0.25, 0.3) is 5.91 Å². The van der Waals surface area contributed by atoms with Crippen molar-refractivity contribution >= 4 is 23.2 Å². The summed E-state index contributed by atoms with van der Waals surface area (Å²) in [6.07, 6.45) is 1.24. The van der Waals surface area contributed by atoms with Gasteiger partial charge in [-0.25, -0.2) is 14.1 Å². The molecule has 1 atom stereocenters. The zero-order valence-corrected chi connectivity index (χ0v) is 15.0. The van der Waals surface area contributed by atoms with Gasteiger partial charge in [-0.2, -0.15) is 0 Å². The molecule has 1 fully saturated rings. The maximum atomic E-state index is 13.3. The highest BCUT2D eigenvalue weighted by Gasteiger charge is 2.35. The molecule has 1 aliphatic rings. The van der Waals surface area contributed by atoms with Gasteiger partial charge in [-0.1, -0.05) is 6.07 Å². The van der Waals surface area contributed by atoms with Crippen molar-refractivity contribution in [3.05, 3.63) is 53.4 Å². The maximum Gasteiger partial charge on any atom is 0.294 e. The Morgan fingerprint density at radius 3 is 2.67 bits per heavy atom. The molecule has 0 unspecified atom stereocenters. The number of nitrogens with two attached hydrogens (primary N) is 1. The van der Waals surface area contributed by atoms with Crippen LogP contribution in [0.4, 0.5) is 4.39 Å². The summed E-state index contributed by atoms with van der Waals surface area (Å²) in [6, 6.07) is 8.87. The molecule has 2 amide bonds. The summed E-state index contributed by atoms with van der Waals surface area (Å²) in [5, 5.41) is 6.24. The van der Waals surface area contributed by atoms with E-state index in [-0.39, 0.29) is 11.6 Å². The fourth-order valence-electron chi connectivity index (χ4n) is 3.16. The molecule has 1 saturated heterocycles. The second kappa shape index (κ2) is 6.92. The van der Waals surface area contributed by atoms with E-state index < -0.39 is 17.9 Å². The van der Waals surface area contributed by atoms with Crippen LogP contribution in [0.1, 0.15) is 23.5 Å². The Labute approximate surface area is 158 Å². The Kier molecular flexibility index (Phi) is 4.44. The zero-order valence-electron chi connectivity index (χ0n) is 14.2. The molecule has 3 heterocycles. The lowest BCUT2D eigenvalue weighted by Crippen LogP contribution is -2.44. The highest BCUT2D eigenvalue weighted by atomic mass is 32.1. The Morgan fingerprint density at radius 1 is 1.22 bits per heavy atom. The van der Waals surface area contributed by atoms with Gasteiger partial charge in [0.05, 0.1) is 10.6 Å². The number of halogens is 1. The van der Waals surface area contributed by atoms with Crippen molar-refractivity contribution in [1.29, 1.82) is 0 Å². The second-order valence-electron chi connectivity index (χ2n) is 6.18. The van der Waals surface area contributed by atoms with Gasteiger partial charge in [-0.3, -0.25) is 9.59 Å². The highest BCUT2D eigenvalue weighted by Crippen LogP contribution is 2.27. The van der Waals surface area contributed by atoms with Crippen LogP contribution < -0.4 is 5.73 Å². The Bertz CT molecular complexity index is 984. The number of benzene rings is 1. The van der Waals surface area contributed by atoms with E-state index in [2.05, 4.69) is 10.1 Å². The third kappa shape index (κ3) is 3.21. The number of amides is 2. The molecular formula is C18H16FN5O2S. The molecule has 0 spiro atoms. The van der Waals surface area contributed by atoms with E-state index in [1.807, 2.05) is 17.5 Å². The highest BCUT2D eigenvalue weighted by molar-refractivity contribution is 7.13. The van der Waals surface area contributed by atoms with Gasteiger partial charge in [-0.05, 0) is 48.6 Å². The number of nitrogens with zero attached hydrogens (tertiary/aromatic N) is 4. The number of primary amides is 1. The van der Waals surface area contributed by atoms with Crippen LogP contribution in [-0.2, 0) is 4.79 Å². The largest absolute Gasteiger partial charge is 0.368 e. The standard InChI is InChI=1S/C18H16FN5O2S/c19-11-5-7-12(8-6-11)24-17(14-4-2-10-27-14)21-16(22-24)18(26)23-9-1-3-13(23)15(20)25/h2,4-8,10,13H,1,3,9H2,(H2,20,25)/t13-/m0/s1. The van der Waals surface area contributed by atoms with E-state index in [0.29, 0.717) is 30.9 Å². The number of carbonyl (C=O) groups excluding carboxylic acids is 2. The summed E-state index contributed by atoms with van der Waals surface area (Å²) < 4.78 is 14.8. The van der Waals surface area contributed by atoms with E-state index in [1.54, 1.807) is 12.1 Å². The van der Waals surface area contributed by atoms with E-state index in [9.17, 15) is 14.0 Å². The molecule has 0 saturated carbocycles. The SMILES string of the molecule is NC(=O)[C@@H]1CCCN1C(=O)c1nc(-c2cccs2)n(-c2ccc(F)cc2)n1. The minimum absolute atomic E-state index is 0.0177. The minimum Gasteiger partial charge on any atom is -0.368 e. The fourth-order valence-corrected chi connectivity index (χ4v) is 3.86. The van der Waals surface area contributed by atoms with Crippen LogP contribution in [0.2, 0.25) is 0 Å². The van der Waals surface area contributed by atoms with Gasteiger partial charge in [-0.15, -0.1) is 16.4 Å². The number of thiophene rings is 1. The monoisotopic (exact) mass is 385 g/mol. The van der Waals surface area contributed by atoms with Crippen LogP contribution in [0.25, 0.3) is 16.4 Å². The van der Waals surface area contributed by atoms with Gasteiger partial charge >= 0.3 is 0 Å². The van der Waals surface area contributed by atoms with Crippen LogP contribution in [0.15, 0.2) is 41.8 Å².